The maximum Gasteiger partial charge on any atom is 0.242 e. The average molecular weight is 439 g/mol. The summed E-state index contributed by atoms with van der Waals surface area (Å²) in [4.78, 5) is 27.9. The molecule has 1 heterocycles. The van der Waals surface area contributed by atoms with E-state index >= 15 is 0 Å². The summed E-state index contributed by atoms with van der Waals surface area (Å²) in [5.74, 6) is 1.36. The van der Waals surface area contributed by atoms with Gasteiger partial charge >= 0.3 is 0 Å². The van der Waals surface area contributed by atoms with E-state index < -0.39 is 6.04 Å². The van der Waals surface area contributed by atoms with Gasteiger partial charge in [-0.25, -0.2) is 0 Å². The summed E-state index contributed by atoms with van der Waals surface area (Å²) in [6, 6.07) is 15.4. The first-order chi connectivity index (χ1) is 15.5. The van der Waals surface area contributed by atoms with Crippen LogP contribution in [0.15, 0.2) is 48.5 Å². The van der Waals surface area contributed by atoms with Crippen LogP contribution in [0.1, 0.15) is 44.7 Å². The van der Waals surface area contributed by atoms with Crippen LogP contribution in [-0.4, -0.2) is 48.6 Å². The molecule has 6 heteroatoms. The third-order valence-corrected chi connectivity index (χ3v) is 5.54. The number of hydrogen-bond acceptors (Lipinski definition) is 4. The van der Waals surface area contributed by atoms with E-state index in [4.69, 9.17) is 9.47 Å². The number of carbonyl (C=O) groups excluding carboxylic acids is 2. The molecule has 32 heavy (non-hydrogen) atoms. The number of nitrogens with zero attached hydrogens (tertiary/aromatic N) is 1. The molecule has 0 aromatic heterocycles. The van der Waals surface area contributed by atoms with Gasteiger partial charge in [-0.3, -0.25) is 9.59 Å². The Morgan fingerprint density at radius 3 is 2.38 bits per heavy atom. The Balaban J connectivity index is 1.70. The third-order valence-electron chi connectivity index (χ3n) is 5.54. The maximum absolute atomic E-state index is 13.3. The van der Waals surface area contributed by atoms with Crippen molar-refractivity contribution in [2.24, 2.45) is 0 Å². The summed E-state index contributed by atoms with van der Waals surface area (Å²) in [5.41, 5.74) is 2.17. The molecule has 0 aliphatic carbocycles. The van der Waals surface area contributed by atoms with Crippen molar-refractivity contribution in [3.8, 4) is 11.5 Å². The molecule has 1 atom stereocenters. The fourth-order valence-corrected chi connectivity index (χ4v) is 3.91. The Labute approximate surface area is 190 Å². The second-order valence-corrected chi connectivity index (χ2v) is 8.39. The minimum absolute atomic E-state index is 0.0124. The van der Waals surface area contributed by atoms with Gasteiger partial charge in [0.05, 0.1) is 0 Å². The lowest BCUT2D eigenvalue weighted by Crippen LogP contribution is -2.51. The van der Waals surface area contributed by atoms with Crippen LogP contribution in [0, 0.1) is 0 Å². The van der Waals surface area contributed by atoms with Gasteiger partial charge in [0.15, 0.2) is 11.5 Å². The van der Waals surface area contributed by atoms with Gasteiger partial charge in [-0.2, -0.15) is 0 Å². The molecule has 1 aliphatic rings. The summed E-state index contributed by atoms with van der Waals surface area (Å²) in [5, 5.41) is 2.97. The van der Waals surface area contributed by atoms with E-state index in [0.717, 1.165) is 22.6 Å². The second kappa shape index (κ2) is 11.6. The maximum atomic E-state index is 13.3. The van der Waals surface area contributed by atoms with Crippen molar-refractivity contribution in [3.63, 3.8) is 0 Å². The topological polar surface area (TPSA) is 67.9 Å². The second-order valence-electron chi connectivity index (χ2n) is 8.39. The normalized spacial score (nSPS) is 13.5. The molecule has 2 aromatic carbocycles. The monoisotopic (exact) mass is 438 g/mol. The minimum atomic E-state index is -0.478. The molecule has 0 saturated heterocycles. The molecule has 0 fully saturated rings. The van der Waals surface area contributed by atoms with Crippen molar-refractivity contribution in [1.82, 2.24) is 10.2 Å². The Hall–Kier alpha value is -3.02. The summed E-state index contributed by atoms with van der Waals surface area (Å²) < 4.78 is 11.2. The predicted molar refractivity (Wildman–Crippen MR) is 125 cm³/mol. The van der Waals surface area contributed by atoms with Crippen LogP contribution >= 0.6 is 0 Å². The van der Waals surface area contributed by atoms with Crippen molar-refractivity contribution >= 4 is 11.8 Å². The first-order valence-corrected chi connectivity index (χ1v) is 11.5. The highest BCUT2D eigenvalue weighted by atomic mass is 16.6. The van der Waals surface area contributed by atoms with Crippen molar-refractivity contribution in [2.45, 2.75) is 58.5 Å². The van der Waals surface area contributed by atoms with E-state index in [-0.39, 0.29) is 17.9 Å². The van der Waals surface area contributed by atoms with Gasteiger partial charge in [0.25, 0.3) is 0 Å². The van der Waals surface area contributed by atoms with Crippen molar-refractivity contribution in [1.29, 1.82) is 0 Å². The highest BCUT2D eigenvalue weighted by molar-refractivity contribution is 5.87. The van der Waals surface area contributed by atoms with Gasteiger partial charge in [0.1, 0.15) is 19.3 Å². The number of ether oxygens (including phenoxy) is 2. The van der Waals surface area contributed by atoms with E-state index in [1.807, 2.05) is 69.3 Å². The molecule has 3 rings (SSSR count). The Kier molecular flexibility index (Phi) is 8.54. The molecular weight excluding hydrogens is 404 g/mol. The van der Waals surface area contributed by atoms with E-state index in [0.29, 0.717) is 45.4 Å². The smallest absolute Gasteiger partial charge is 0.242 e. The lowest BCUT2D eigenvalue weighted by atomic mass is 10.0. The molecular formula is C26H34N2O4. The van der Waals surface area contributed by atoms with Gasteiger partial charge in [0.2, 0.25) is 11.8 Å². The van der Waals surface area contributed by atoms with Crippen molar-refractivity contribution in [3.05, 3.63) is 59.7 Å². The predicted octanol–water partition coefficient (Wildman–Crippen LogP) is 3.76. The number of fused-ring (bicyclic) bond motifs is 1. The molecule has 0 saturated carbocycles. The number of amides is 2. The lowest BCUT2D eigenvalue weighted by molar-refractivity contribution is -0.140. The number of rotatable bonds is 10. The van der Waals surface area contributed by atoms with Gasteiger partial charge in [-0.1, -0.05) is 43.3 Å². The summed E-state index contributed by atoms with van der Waals surface area (Å²) in [7, 11) is 0. The Morgan fingerprint density at radius 2 is 1.69 bits per heavy atom. The number of aryl methyl sites for hydroxylation is 1. The number of nitrogens with one attached hydrogen (secondary N) is 1. The molecule has 1 N–H and O–H groups in total. The molecule has 1 aliphatic heterocycles. The summed E-state index contributed by atoms with van der Waals surface area (Å²) in [6.07, 6.45) is 2.20. The highest BCUT2D eigenvalue weighted by Crippen LogP contribution is 2.31. The van der Waals surface area contributed by atoms with E-state index in [1.54, 1.807) is 4.90 Å². The first kappa shape index (κ1) is 23.6. The zero-order chi connectivity index (χ0) is 22.9. The number of benzene rings is 2. The molecule has 0 unspecified atom stereocenters. The van der Waals surface area contributed by atoms with Crippen molar-refractivity contribution in [2.75, 3.05) is 19.8 Å². The van der Waals surface area contributed by atoms with Crippen LogP contribution in [0.3, 0.4) is 0 Å². The SMILES string of the molecule is CC[C@H](C(=O)NC(C)C)N(CCc1ccccc1)C(=O)CCc1ccc2c(c1)OCCO2. The molecule has 6 nitrogen and oxygen atoms in total. The third kappa shape index (κ3) is 6.49. The molecule has 172 valence electrons. The van der Waals surface area contributed by atoms with E-state index in [1.165, 1.54) is 0 Å². The van der Waals surface area contributed by atoms with Crippen LogP contribution in [0.5, 0.6) is 11.5 Å². The first-order valence-electron chi connectivity index (χ1n) is 11.5. The zero-order valence-corrected chi connectivity index (χ0v) is 19.3. The standard InChI is InChI=1S/C26H34N2O4/c1-4-22(26(30)27-19(2)3)28(15-14-20-8-6-5-7-9-20)25(29)13-11-21-10-12-23-24(18-21)32-17-16-31-23/h5-10,12,18-19,22H,4,11,13-17H2,1-3H3,(H,27,30)/t22-/m1/s1. The average Bonchev–Trinajstić information content (AvgIpc) is 2.80. The van der Waals surface area contributed by atoms with Crippen LogP contribution in [0.25, 0.3) is 0 Å². The van der Waals surface area contributed by atoms with Crippen molar-refractivity contribution < 1.29 is 19.1 Å². The van der Waals surface area contributed by atoms with Gasteiger partial charge in [0, 0.05) is 19.0 Å². The molecule has 2 amide bonds. The van der Waals surface area contributed by atoms with E-state index in [2.05, 4.69) is 5.32 Å². The van der Waals surface area contributed by atoms with Gasteiger partial charge in [-0.05, 0) is 56.4 Å². The summed E-state index contributed by atoms with van der Waals surface area (Å²) >= 11 is 0. The fraction of sp³-hybridized carbons (Fsp3) is 0.462. The number of carbonyl (C=O) groups is 2. The molecule has 2 aromatic rings. The zero-order valence-electron chi connectivity index (χ0n) is 19.3. The minimum Gasteiger partial charge on any atom is -0.486 e. The van der Waals surface area contributed by atoms with Crippen LogP contribution in [0.4, 0.5) is 0 Å². The Bertz CT molecular complexity index is 898. The highest BCUT2D eigenvalue weighted by Gasteiger charge is 2.28. The Morgan fingerprint density at radius 1 is 0.969 bits per heavy atom. The molecule has 0 radical (unpaired) electrons. The van der Waals surface area contributed by atoms with Gasteiger partial charge < -0.3 is 19.7 Å². The van der Waals surface area contributed by atoms with Gasteiger partial charge in [-0.15, -0.1) is 0 Å². The van der Waals surface area contributed by atoms with E-state index in [9.17, 15) is 9.59 Å². The molecule has 0 spiro atoms. The largest absolute Gasteiger partial charge is 0.486 e. The fourth-order valence-electron chi connectivity index (χ4n) is 3.91. The lowest BCUT2D eigenvalue weighted by Gasteiger charge is -2.31. The quantitative estimate of drug-likeness (QED) is 0.613. The van der Waals surface area contributed by atoms with Crippen LogP contribution < -0.4 is 14.8 Å². The summed E-state index contributed by atoms with van der Waals surface area (Å²) in [6.45, 7) is 7.41. The van der Waals surface area contributed by atoms with Crippen LogP contribution in [0.2, 0.25) is 0 Å². The number of hydrogen-bond donors (Lipinski definition) is 1. The van der Waals surface area contributed by atoms with Crippen LogP contribution in [-0.2, 0) is 22.4 Å². The molecule has 0 bridgehead atoms.